The van der Waals surface area contributed by atoms with Crippen molar-refractivity contribution in [1.82, 2.24) is 10.9 Å². The third kappa shape index (κ3) is 2.05. The average Bonchev–Trinajstić information content (AvgIpc) is 2.76. The van der Waals surface area contributed by atoms with Gasteiger partial charge in [-0.15, -0.1) is 0 Å². The zero-order valence-corrected chi connectivity index (χ0v) is 11.1. The molecule has 1 aliphatic rings. The van der Waals surface area contributed by atoms with Crippen molar-refractivity contribution < 1.29 is 4.79 Å². The van der Waals surface area contributed by atoms with Crippen molar-refractivity contribution in [3.05, 3.63) is 52.0 Å². The SMILES string of the molecule is O=C1NNC/C1=C\c1cccc2ccc(Br)cc12. The highest BCUT2D eigenvalue weighted by Crippen LogP contribution is 2.25. The Hall–Kier alpha value is -1.65. The number of nitrogens with one attached hydrogen (secondary N) is 2. The second-order valence-electron chi connectivity index (χ2n) is 4.19. The van der Waals surface area contributed by atoms with E-state index in [0.29, 0.717) is 6.54 Å². The number of carbonyl (C=O) groups is 1. The van der Waals surface area contributed by atoms with E-state index in [4.69, 9.17) is 0 Å². The van der Waals surface area contributed by atoms with Gasteiger partial charge in [0.2, 0.25) is 0 Å². The van der Waals surface area contributed by atoms with Crippen LogP contribution in [0.2, 0.25) is 0 Å². The predicted molar refractivity (Wildman–Crippen MR) is 75.8 cm³/mol. The van der Waals surface area contributed by atoms with Crippen molar-refractivity contribution >= 4 is 38.7 Å². The van der Waals surface area contributed by atoms with E-state index in [0.717, 1.165) is 21.0 Å². The maximum Gasteiger partial charge on any atom is 0.262 e. The van der Waals surface area contributed by atoms with Crippen molar-refractivity contribution in [2.45, 2.75) is 0 Å². The van der Waals surface area contributed by atoms with Crippen molar-refractivity contribution in [3.8, 4) is 0 Å². The Balaban J connectivity index is 2.17. The summed E-state index contributed by atoms with van der Waals surface area (Å²) in [5, 5.41) is 2.30. The van der Waals surface area contributed by atoms with Crippen molar-refractivity contribution in [2.75, 3.05) is 6.54 Å². The van der Waals surface area contributed by atoms with Crippen LogP contribution in [0.15, 0.2) is 46.4 Å². The molecule has 0 atom stereocenters. The number of hydrogen-bond acceptors (Lipinski definition) is 2. The fraction of sp³-hybridized carbons (Fsp3) is 0.0714. The molecule has 90 valence electrons. The number of amides is 1. The summed E-state index contributed by atoms with van der Waals surface area (Å²) in [6.07, 6.45) is 1.93. The van der Waals surface area contributed by atoms with Crippen LogP contribution >= 0.6 is 15.9 Å². The first-order valence-electron chi connectivity index (χ1n) is 5.66. The first kappa shape index (κ1) is 11.4. The Bertz CT molecular complexity index is 664. The first-order valence-corrected chi connectivity index (χ1v) is 6.45. The van der Waals surface area contributed by atoms with Gasteiger partial charge in [-0.25, -0.2) is 5.43 Å². The fourth-order valence-corrected chi connectivity index (χ4v) is 2.44. The Labute approximate surface area is 113 Å². The Kier molecular flexibility index (Phi) is 2.89. The van der Waals surface area contributed by atoms with E-state index in [9.17, 15) is 4.79 Å². The Morgan fingerprint density at radius 2 is 2.11 bits per heavy atom. The number of benzene rings is 2. The van der Waals surface area contributed by atoms with Gasteiger partial charge in [-0.3, -0.25) is 10.2 Å². The molecular formula is C14H11BrN2O. The minimum atomic E-state index is -0.0537. The van der Waals surface area contributed by atoms with E-state index in [1.54, 1.807) is 0 Å². The lowest BCUT2D eigenvalue weighted by molar-refractivity contribution is -0.116. The second-order valence-corrected chi connectivity index (χ2v) is 5.11. The summed E-state index contributed by atoms with van der Waals surface area (Å²) in [7, 11) is 0. The van der Waals surface area contributed by atoms with Gasteiger partial charge in [-0.2, -0.15) is 0 Å². The monoisotopic (exact) mass is 302 g/mol. The topological polar surface area (TPSA) is 41.1 Å². The molecule has 0 unspecified atom stereocenters. The quantitative estimate of drug-likeness (QED) is 0.795. The van der Waals surface area contributed by atoms with Gasteiger partial charge >= 0.3 is 0 Å². The van der Waals surface area contributed by atoms with Crippen LogP contribution in [0.25, 0.3) is 16.8 Å². The highest BCUT2D eigenvalue weighted by molar-refractivity contribution is 9.10. The normalized spacial score (nSPS) is 17.4. The molecule has 0 spiro atoms. The number of fused-ring (bicyclic) bond motifs is 1. The molecule has 0 bridgehead atoms. The summed E-state index contributed by atoms with van der Waals surface area (Å²) in [6.45, 7) is 0.559. The number of hydrazine groups is 1. The third-order valence-corrected chi connectivity index (χ3v) is 3.47. The maximum absolute atomic E-state index is 11.5. The number of carbonyl (C=O) groups excluding carboxylic acids is 1. The molecule has 18 heavy (non-hydrogen) atoms. The fourth-order valence-electron chi connectivity index (χ4n) is 2.08. The molecule has 1 aliphatic heterocycles. The lowest BCUT2D eigenvalue weighted by atomic mass is 10.0. The van der Waals surface area contributed by atoms with Crippen LogP contribution in [-0.4, -0.2) is 12.5 Å². The minimum absolute atomic E-state index is 0.0537. The standard InChI is InChI=1S/C14H11BrN2O/c15-12-5-4-9-2-1-3-10(13(9)7-12)6-11-8-16-17-14(11)18/h1-7,16H,8H2,(H,17,18)/b11-6+. The molecule has 2 aromatic rings. The average molecular weight is 303 g/mol. The summed E-state index contributed by atoms with van der Waals surface area (Å²) in [5.74, 6) is -0.0537. The second kappa shape index (κ2) is 4.55. The summed E-state index contributed by atoms with van der Waals surface area (Å²) in [5.41, 5.74) is 7.22. The summed E-state index contributed by atoms with van der Waals surface area (Å²) < 4.78 is 1.04. The molecule has 3 rings (SSSR count). The van der Waals surface area contributed by atoms with E-state index in [1.807, 2.05) is 24.3 Å². The van der Waals surface area contributed by atoms with Crippen LogP contribution in [0.3, 0.4) is 0 Å². The molecule has 3 nitrogen and oxygen atoms in total. The summed E-state index contributed by atoms with van der Waals surface area (Å²) >= 11 is 3.48. The van der Waals surface area contributed by atoms with Gasteiger partial charge in [-0.05, 0) is 34.5 Å². The minimum Gasteiger partial charge on any atom is -0.287 e. The third-order valence-electron chi connectivity index (χ3n) is 2.98. The number of rotatable bonds is 1. The van der Waals surface area contributed by atoms with Gasteiger partial charge in [-0.1, -0.05) is 40.2 Å². The zero-order chi connectivity index (χ0) is 12.5. The maximum atomic E-state index is 11.5. The highest BCUT2D eigenvalue weighted by atomic mass is 79.9. The zero-order valence-electron chi connectivity index (χ0n) is 9.53. The van der Waals surface area contributed by atoms with Crippen LogP contribution < -0.4 is 10.9 Å². The molecule has 2 N–H and O–H groups in total. The van der Waals surface area contributed by atoms with Gasteiger partial charge in [0, 0.05) is 16.6 Å². The van der Waals surface area contributed by atoms with Crippen molar-refractivity contribution in [2.24, 2.45) is 0 Å². The van der Waals surface area contributed by atoms with Crippen LogP contribution in [0.5, 0.6) is 0 Å². The Morgan fingerprint density at radius 1 is 1.22 bits per heavy atom. The lowest BCUT2D eigenvalue weighted by Gasteiger charge is -2.03. The largest absolute Gasteiger partial charge is 0.287 e. The molecule has 1 heterocycles. The molecule has 1 saturated heterocycles. The van der Waals surface area contributed by atoms with Gasteiger partial charge < -0.3 is 0 Å². The van der Waals surface area contributed by atoms with Gasteiger partial charge in [0.15, 0.2) is 0 Å². The van der Waals surface area contributed by atoms with E-state index < -0.39 is 0 Å². The summed E-state index contributed by atoms with van der Waals surface area (Å²) in [6, 6.07) is 12.2. The Morgan fingerprint density at radius 3 is 2.89 bits per heavy atom. The molecule has 4 heteroatoms. The van der Waals surface area contributed by atoms with Gasteiger partial charge in [0.1, 0.15) is 0 Å². The molecule has 0 radical (unpaired) electrons. The van der Waals surface area contributed by atoms with Crippen LogP contribution in [0, 0.1) is 0 Å². The van der Waals surface area contributed by atoms with E-state index >= 15 is 0 Å². The van der Waals surface area contributed by atoms with Crippen LogP contribution in [-0.2, 0) is 4.79 Å². The first-order chi connectivity index (χ1) is 8.74. The van der Waals surface area contributed by atoms with Crippen LogP contribution in [0.1, 0.15) is 5.56 Å². The number of hydrogen-bond donors (Lipinski definition) is 2. The molecule has 0 saturated carbocycles. The highest BCUT2D eigenvalue weighted by Gasteiger charge is 2.15. The van der Waals surface area contributed by atoms with E-state index in [1.165, 1.54) is 5.39 Å². The van der Waals surface area contributed by atoms with Crippen molar-refractivity contribution in [1.29, 1.82) is 0 Å². The van der Waals surface area contributed by atoms with Gasteiger partial charge in [0.25, 0.3) is 5.91 Å². The summed E-state index contributed by atoms with van der Waals surface area (Å²) in [4.78, 5) is 11.5. The molecule has 0 aromatic heterocycles. The molecule has 1 amide bonds. The van der Waals surface area contributed by atoms with E-state index in [-0.39, 0.29) is 5.91 Å². The number of halogens is 1. The molecule has 2 aromatic carbocycles. The molecule has 0 aliphatic carbocycles. The smallest absolute Gasteiger partial charge is 0.262 e. The molecule has 1 fully saturated rings. The predicted octanol–water partition coefficient (Wildman–Crippen LogP) is 2.62. The van der Waals surface area contributed by atoms with Crippen molar-refractivity contribution in [3.63, 3.8) is 0 Å². The lowest BCUT2D eigenvalue weighted by Crippen LogP contribution is -2.25. The molecular weight excluding hydrogens is 292 g/mol. The van der Waals surface area contributed by atoms with Gasteiger partial charge in [0.05, 0.1) is 0 Å². The van der Waals surface area contributed by atoms with E-state index in [2.05, 4.69) is 45.0 Å². The van der Waals surface area contributed by atoms with Crippen LogP contribution in [0.4, 0.5) is 0 Å².